The molecule has 1 nitrogen and oxygen atoms in total. The Kier molecular flexibility index (Phi) is 3.19. The minimum atomic E-state index is -1.34. The zero-order valence-electron chi connectivity index (χ0n) is 8.90. The van der Waals surface area contributed by atoms with E-state index in [0.29, 0.717) is 0 Å². The summed E-state index contributed by atoms with van der Waals surface area (Å²) in [6.07, 6.45) is 1.05. The zero-order valence-corrected chi connectivity index (χ0v) is 9.90. The van der Waals surface area contributed by atoms with Crippen LogP contribution in [0.5, 0.6) is 0 Å². The third kappa shape index (κ3) is 2.11. The highest BCUT2D eigenvalue weighted by Crippen LogP contribution is 2.12. The molecule has 0 heterocycles. The quantitative estimate of drug-likeness (QED) is 0.780. The molecule has 0 aromatic heterocycles. The lowest BCUT2D eigenvalue weighted by molar-refractivity contribution is 0.582. The van der Waals surface area contributed by atoms with Gasteiger partial charge in [0.05, 0.1) is 0 Å². The summed E-state index contributed by atoms with van der Waals surface area (Å²) in [5, 5.41) is 3.59. The van der Waals surface area contributed by atoms with Gasteiger partial charge in [-0.3, -0.25) is 0 Å². The van der Waals surface area contributed by atoms with Crippen LogP contribution in [0.15, 0.2) is 42.5 Å². The first-order valence-corrected chi connectivity index (χ1v) is 7.01. The Bertz CT molecular complexity index is 448. The highest BCUT2D eigenvalue weighted by Gasteiger charge is 2.12. The Morgan fingerprint density at radius 1 is 1.07 bits per heavy atom. The van der Waals surface area contributed by atoms with E-state index in [0.717, 1.165) is 17.7 Å². The lowest BCUT2D eigenvalue weighted by Gasteiger charge is -2.09. The summed E-state index contributed by atoms with van der Waals surface area (Å²) >= 11 is 0. The molecule has 2 heteroatoms. The summed E-state index contributed by atoms with van der Waals surface area (Å²) in [5.74, 6) is 0. The first-order chi connectivity index (χ1) is 7.33. The van der Waals surface area contributed by atoms with E-state index in [1.54, 1.807) is 0 Å². The summed E-state index contributed by atoms with van der Waals surface area (Å²) in [6.45, 7) is 2.12. The summed E-state index contributed by atoms with van der Waals surface area (Å²) in [6, 6.07) is 15.4. The van der Waals surface area contributed by atoms with Crippen LogP contribution in [-0.2, 0) is 0 Å². The summed E-state index contributed by atoms with van der Waals surface area (Å²) in [7, 11) is -1.34. The average Bonchev–Trinajstić information content (AvgIpc) is 2.28. The van der Waals surface area contributed by atoms with Crippen molar-refractivity contribution in [2.24, 2.45) is 0 Å². The molecule has 0 saturated carbocycles. The van der Waals surface area contributed by atoms with Crippen molar-refractivity contribution in [2.75, 3.05) is 0 Å². The first kappa shape index (κ1) is 10.4. The smallest absolute Gasteiger partial charge is 0.243 e. The van der Waals surface area contributed by atoms with E-state index in [9.17, 15) is 4.80 Å². The fourth-order valence-electron chi connectivity index (χ4n) is 1.85. The van der Waals surface area contributed by atoms with Gasteiger partial charge in [-0.05, 0) is 22.0 Å². The molecule has 0 spiro atoms. The minimum absolute atomic E-state index is 0.929. The Labute approximate surface area is 92.1 Å². The molecule has 1 radical (unpaired) electrons. The van der Waals surface area contributed by atoms with Gasteiger partial charge in [-0.1, -0.05) is 55.8 Å². The molecule has 0 aliphatic heterocycles. The van der Waals surface area contributed by atoms with Gasteiger partial charge in [0.25, 0.3) is 0 Å². The van der Waals surface area contributed by atoms with Crippen LogP contribution < -0.4 is 5.19 Å². The molecule has 0 bridgehead atoms. The van der Waals surface area contributed by atoms with Crippen LogP contribution in [0.3, 0.4) is 0 Å². The van der Waals surface area contributed by atoms with E-state index in [1.165, 1.54) is 10.8 Å². The topological polar surface area (TPSA) is 20.2 Å². The normalized spacial score (nSPS) is 11.1. The van der Waals surface area contributed by atoms with E-state index in [1.807, 2.05) is 18.2 Å². The molecule has 0 fully saturated rings. The SMILES string of the molecule is CCC[Si](O)c1cccc2ccccc12. The fraction of sp³-hybridized carbons (Fsp3) is 0.231. The molecule has 0 aliphatic carbocycles. The van der Waals surface area contributed by atoms with E-state index in [-0.39, 0.29) is 0 Å². The monoisotopic (exact) mass is 215 g/mol. The van der Waals surface area contributed by atoms with Crippen molar-refractivity contribution < 1.29 is 4.80 Å². The highest BCUT2D eigenvalue weighted by atomic mass is 28.3. The largest absolute Gasteiger partial charge is 0.427 e. The molecule has 0 aliphatic rings. The van der Waals surface area contributed by atoms with Crippen molar-refractivity contribution in [3.8, 4) is 0 Å². The van der Waals surface area contributed by atoms with Crippen LogP contribution >= 0.6 is 0 Å². The molecule has 15 heavy (non-hydrogen) atoms. The van der Waals surface area contributed by atoms with Gasteiger partial charge in [-0.2, -0.15) is 0 Å². The van der Waals surface area contributed by atoms with E-state index in [2.05, 4.69) is 31.2 Å². The van der Waals surface area contributed by atoms with Gasteiger partial charge in [-0.25, -0.2) is 0 Å². The molecular weight excluding hydrogens is 200 g/mol. The molecule has 2 rings (SSSR count). The van der Waals surface area contributed by atoms with Crippen LogP contribution in [0.25, 0.3) is 10.8 Å². The molecule has 2 aromatic carbocycles. The molecule has 2 aromatic rings. The number of hydrogen-bond acceptors (Lipinski definition) is 1. The maximum atomic E-state index is 10.1. The number of benzene rings is 2. The summed E-state index contributed by atoms with van der Waals surface area (Å²) < 4.78 is 0. The molecule has 77 valence electrons. The Balaban J connectivity index is 2.50. The van der Waals surface area contributed by atoms with Crippen LogP contribution in [0.1, 0.15) is 13.3 Å². The second-order valence-corrected chi connectivity index (χ2v) is 5.66. The second-order valence-electron chi connectivity index (χ2n) is 3.72. The van der Waals surface area contributed by atoms with Crippen LogP contribution in [-0.4, -0.2) is 13.8 Å². The van der Waals surface area contributed by atoms with Gasteiger partial charge >= 0.3 is 0 Å². The highest BCUT2D eigenvalue weighted by molar-refractivity contribution is 6.68. The average molecular weight is 215 g/mol. The lowest BCUT2D eigenvalue weighted by atomic mass is 10.1. The second kappa shape index (κ2) is 4.60. The molecule has 0 amide bonds. The van der Waals surface area contributed by atoms with Gasteiger partial charge < -0.3 is 4.80 Å². The molecule has 0 atom stereocenters. The molecule has 0 saturated heterocycles. The minimum Gasteiger partial charge on any atom is -0.427 e. The predicted octanol–water partition coefficient (Wildman–Crippen LogP) is 2.44. The third-order valence-electron chi connectivity index (χ3n) is 2.59. The zero-order chi connectivity index (χ0) is 10.7. The van der Waals surface area contributed by atoms with E-state index >= 15 is 0 Å². The summed E-state index contributed by atoms with van der Waals surface area (Å²) in [4.78, 5) is 10.1. The number of rotatable bonds is 3. The standard InChI is InChI=1S/C13H15OSi/c1-2-10-15(14)13-9-5-7-11-6-3-4-8-12(11)13/h3-9,14H,2,10H2,1H3. The van der Waals surface area contributed by atoms with Crippen molar-refractivity contribution in [2.45, 2.75) is 19.4 Å². The lowest BCUT2D eigenvalue weighted by Crippen LogP contribution is -2.30. The van der Waals surface area contributed by atoms with Gasteiger partial charge in [-0.15, -0.1) is 0 Å². The Morgan fingerprint density at radius 3 is 2.60 bits per heavy atom. The molecule has 0 unspecified atom stereocenters. The van der Waals surface area contributed by atoms with Gasteiger partial charge in [0.15, 0.2) is 0 Å². The number of fused-ring (bicyclic) bond motifs is 1. The first-order valence-electron chi connectivity index (χ1n) is 5.36. The Hall–Kier alpha value is -1.12. The van der Waals surface area contributed by atoms with Crippen molar-refractivity contribution in [1.82, 2.24) is 0 Å². The molecule has 1 N–H and O–H groups in total. The van der Waals surface area contributed by atoms with Crippen molar-refractivity contribution in [1.29, 1.82) is 0 Å². The van der Waals surface area contributed by atoms with Crippen molar-refractivity contribution in [3.63, 3.8) is 0 Å². The van der Waals surface area contributed by atoms with E-state index < -0.39 is 9.04 Å². The van der Waals surface area contributed by atoms with Crippen LogP contribution in [0, 0.1) is 0 Å². The van der Waals surface area contributed by atoms with Crippen molar-refractivity contribution >= 4 is 25.0 Å². The van der Waals surface area contributed by atoms with Gasteiger partial charge in [0.2, 0.25) is 9.04 Å². The third-order valence-corrected chi connectivity index (χ3v) is 4.62. The van der Waals surface area contributed by atoms with Crippen molar-refractivity contribution in [3.05, 3.63) is 42.5 Å². The van der Waals surface area contributed by atoms with Gasteiger partial charge in [0, 0.05) is 0 Å². The predicted molar refractivity (Wildman–Crippen MR) is 66.7 cm³/mol. The maximum absolute atomic E-state index is 10.1. The van der Waals surface area contributed by atoms with Crippen LogP contribution in [0.4, 0.5) is 0 Å². The maximum Gasteiger partial charge on any atom is 0.243 e. The Morgan fingerprint density at radius 2 is 1.80 bits per heavy atom. The van der Waals surface area contributed by atoms with E-state index in [4.69, 9.17) is 0 Å². The fourth-order valence-corrected chi connectivity index (χ4v) is 3.42. The summed E-state index contributed by atoms with van der Waals surface area (Å²) in [5.41, 5.74) is 0. The van der Waals surface area contributed by atoms with Gasteiger partial charge in [0.1, 0.15) is 0 Å². The number of hydrogen-bond donors (Lipinski definition) is 1. The molecular formula is C13H15OSi. The van der Waals surface area contributed by atoms with Crippen LogP contribution in [0.2, 0.25) is 6.04 Å².